The van der Waals surface area contributed by atoms with Gasteiger partial charge in [-0.15, -0.1) is 0 Å². The van der Waals surface area contributed by atoms with Crippen molar-refractivity contribution < 1.29 is 9.53 Å². The van der Waals surface area contributed by atoms with E-state index in [4.69, 9.17) is 16.3 Å². The van der Waals surface area contributed by atoms with Gasteiger partial charge in [0.05, 0.1) is 7.11 Å². The summed E-state index contributed by atoms with van der Waals surface area (Å²) in [5.41, 5.74) is 1.68. The van der Waals surface area contributed by atoms with Crippen LogP contribution in [0.4, 0.5) is 0 Å². The van der Waals surface area contributed by atoms with E-state index in [2.05, 4.69) is 10.3 Å². The predicted octanol–water partition coefficient (Wildman–Crippen LogP) is 3.16. The number of H-pyrrole nitrogens is 1. The summed E-state index contributed by atoms with van der Waals surface area (Å²) in [6, 6.07) is 14.0. The highest BCUT2D eigenvalue weighted by atomic mass is 35.5. The Kier molecular flexibility index (Phi) is 5.05. The number of fused-ring (bicyclic) bond motifs is 1. The van der Waals surface area contributed by atoms with Crippen LogP contribution in [0.15, 0.2) is 53.3 Å². The smallest absolute Gasteiger partial charge is 0.251 e. The molecular weight excluding hydrogens is 340 g/mol. The topological polar surface area (TPSA) is 71.2 Å². The second kappa shape index (κ2) is 7.40. The van der Waals surface area contributed by atoms with Gasteiger partial charge in [-0.2, -0.15) is 0 Å². The Balaban J connectivity index is 1.71. The average Bonchev–Trinajstić information content (AvgIpc) is 2.61. The Morgan fingerprint density at radius 2 is 2.04 bits per heavy atom. The van der Waals surface area contributed by atoms with Crippen molar-refractivity contribution >= 4 is 28.4 Å². The SMILES string of the molecule is COc1ccc2[nH]c(=O)c(CCNC(=O)c3cccc(Cl)c3)cc2c1. The molecule has 0 saturated carbocycles. The molecule has 0 aliphatic rings. The molecule has 2 N–H and O–H groups in total. The molecule has 0 radical (unpaired) electrons. The Hall–Kier alpha value is -2.79. The van der Waals surface area contributed by atoms with Crippen molar-refractivity contribution in [1.29, 1.82) is 0 Å². The van der Waals surface area contributed by atoms with Gasteiger partial charge in [-0.05, 0) is 48.9 Å². The third-order valence-corrected chi connectivity index (χ3v) is 4.13. The zero-order chi connectivity index (χ0) is 17.8. The molecule has 6 heteroatoms. The number of hydrogen-bond donors (Lipinski definition) is 2. The van der Waals surface area contributed by atoms with Crippen molar-refractivity contribution in [3.05, 3.63) is 75.0 Å². The van der Waals surface area contributed by atoms with Crippen LogP contribution < -0.4 is 15.6 Å². The van der Waals surface area contributed by atoms with Gasteiger partial charge in [0.15, 0.2) is 0 Å². The van der Waals surface area contributed by atoms with Crippen LogP contribution in [0.3, 0.4) is 0 Å². The van der Waals surface area contributed by atoms with E-state index in [9.17, 15) is 9.59 Å². The summed E-state index contributed by atoms with van der Waals surface area (Å²) in [6.45, 7) is 0.351. The van der Waals surface area contributed by atoms with Gasteiger partial charge in [0, 0.05) is 33.6 Å². The number of aromatic amines is 1. The van der Waals surface area contributed by atoms with Crippen LogP contribution in [0.25, 0.3) is 10.9 Å². The molecule has 0 aliphatic carbocycles. The van der Waals surface area contributed by atoms with E-state index >= 15 is 0 Å². The normalized spacial score (nSPS) is 10.6. The van der Waals surface area contributed by atoms with Gasteiger partial charge < -0.3 is 15.0 Å². The second-order valence-corrected chi connectivity index (χ2v) is 6.03. The van der Waals surface area contributed by atoms with Crippen molar-refractivity contribution in [1.82, 2.24) is 10.3 Å². The van der Waals surface area contributed by atoms with Crippen molar-refractivity contribution in [3.8, 4) is 5.75 Å². The Labute approximate surface area is 149 Å². The fourth-order valence-corrected chi connectivity index (χ4v) is 2.78. The third-order valence-electron chi connectivity index (χ3n) is 3.90. The van der Waals surface area contributed by atoms with Gasteiger partial charge in [-0.1, -0.05) is 17.7 Å². The number of carbonyl (C=O) groups excluding carboxylic acids is 1. The number of rotatable bonds is 5. The minimum atomic E-state index is -0.221. The number of hydrogen-bond acceptors (Lipinski definition) is 3. The fourth-order valence-electron chi connectivity index (χ4n) is 2.59. The summed E-state index contributed by atoms with van der Waals surface area (Å²) in [5, 5.41) is 4.19. The summed E-state index contributed by atoms with van der Waals surface area (Å²) < 4.78 is 5.20. The van der Waals surface area contributed by atoms with E-state index in [0.717, 1.165) is 16.7 Å². The molecule has 2 aromatic carbocycles. The van der Waals surface area contributed by atoms with Gasteiger partial charge in [0.25, 0.3) is 11.5 Å². The van der Waals surface area contributed by atoms with E-state index in [-0.39, 0.29) is 11.5 Å². The summed E-state index contributed by atoms with van der Waals surface area (Å²) >= 11 is 5.88. The highest BCUT2D eigenvalue weighted by Crippen LogP contribution is 2.18. The molecule has 0 spiro atoms. The van der Waals surface area contributed by atoms with Gasteiger partial charge in [0.1, 0.15) is 5.75 Å². The molecule has 25 heavy (non-hydrogen) atoms. The number of pyridine rings is 1. The van der Waals surface area contributed by atoms with Crippen LogP contribution in [0.1, 0.15) is 15.9 Å². The number of aromatic nitrogens is 1. The lowest BCUT2D eigenvalue weighted by molar-refractivity contribution is 0.0954. The fraction of sp³-hybridized carbons (Fsp3) is 0.158. The van der Waals surface area contributed by atoms with Crippen LogP contribution in [-0.4, -0.2) is 24.5 Å². The minimum absolute atomic E-state index is 0.158. The number of nitrogens with one attached hydrogen (secondary N) is 2. The first-order valence-corrected chi connectivity index (χ1v) is 8.18. The molecule has 0 bridgehead atoms. The lowest BCUT2D eigenvalue weighted by Crippen LogP contribution is -2.27. The van der Waals surface area contributed by atoms with Crippen LogP contribution in [0.2, 0.25) is 5.02 Å². The predicted molar refractivity (Wildman–Crippen MR) is 98.6 cm³/mol. The molecule has 1 heterocycles. The maximum absolute atomic E-state index is 12.2. The van der Waals surface area contributed by atoms with Crippen molar-refractivity contribution in [3.63, 3.8) is 0 Å². The number of methoxy groups -OCH3 is 1. The lowest BCUT2D eigenvalue weighted by atomic mass is 10.1. The molecule has 0 fully saturated rings. The molecule has 0 atom stereocenters. The molecule has 3 rings (SSSR count). The number of benzene rings is 2. The molecule has 3 aromatic rings. The average molecular weight is 357 g/mol. The van der Waals surface area contributed by atoms with Gasteiger partial charge in [-0.3, -0.25) is 9.59 Å². The van der Waals surface area contributed by atoms with Crippen molar-refractivity contribution in [2.75, 3.05) is 13.7 Å². The maximum Gasteiger partial charge on any atom is 0.251 e. The highest BCUT2D eigenvalue weighted by molar-refractivity contribution is 6.30. The number of amides is 1. The van der Waals surface area contributed by atoms with Crippen molar-refractivity contribution in [2.24, 2.45) is 0 Å². The zero-order valence-electron chi connectivity index (χ0n) is 13.6. The van der Waals surface area contributed by atoms with E-state index < -0.39 is 0 Å². The molecule has 1 aromatic heterocycles. The van der Waals surface area contributed by atoms with Crippen LogP contribution >= 0.6 is 11.6 Å². The molecule has 5 nitrogen and oxygen atoms in total. The zero-order valence-corrected chi connectivity index (χ0v) is 14.4. The Bertz CT molecular complexity index is 982. The molecular formula is C19H17ClN2O3. The molecule has 0 aliphatic heterocycles. The lowest BCUT2D eigenvalue weighted by Gasteiger charge is -2.07. The second-order valence-electron chi connectivity index (χ2n) is 5.59. The number of carbonyl (C=O) groups is 1. The van der Waals surface area contributed by atoms with Crippen LogP contribution in [0, 0.1) is 0 Å². The molecule has 128 valence electrons. The minimum Gasteiger partial charge on any atom is -0.497 e. The van der Waals surface area contributed by atoms with E-state index in [1.165, 1.54) is 0 Å². The first kappa shape index (κ1) is 17.0. The summed E-state index contributed by atoms with van der Waals surface area (Å²) in [7, 11) is 1.60. The summed E-state index contributed by atoms with van der Waals surface area (Å²) in [5.74, 6) is 0.501. The molecule has 1 amide bonds. The Morgan fingerprint density at radius 1 is 1.20 bits per heavy atom. The Morgan fingerprint density at radius 3 is 2.80 bits per heavy atom. The van der Waals surface area contributed by atoms with Crippen molar-refractivity contribution in [2.45, 2.75) is 6.42 Å². The molecule has 0 saturated heterocycles. The summed E-state index contributed by atoms with van der Waals surface area (Å²) in [6.07, 6.45) is 0.425. The van der Waals surface area contributed by atoms with E-state index in [1.54, 1.807) is 43.5 Å². The molecule has 0 unspecified atom stereocenters. The van der Waals surface area contributed by atoms with E-state index in [0.29, 0.717) is 29.1 Å². The first-order chi connectivity index (χ1) is 12.1. The van der Waals surface area contributed by atoms with Gasteiger partial charge in [-0.25, -0.2) is 0 Å². The highest BCUT2D eigenvalue weighted by Gasteiger charge is 2.08. The standard InChI is InChI=1S/C19H17ClN2O3/c1-25-16-5-6-17-14(11-16)9-13(19(24)22-17)7-8-21-18(23)12-3-2-4-15(20)10-12/h2-6,9-11H,7-8H2,1H3,(H,21,23)(H,22,24). The van der Waals surface area contributed by atoms with Crippen LogP contribution in [0.5, 0.6) is 5.75 Å². The largest absolute Gasteiger partial charge is 0.497 e. The first-order valence-electron chi connectivity index (χ1n) is 7.80. The van der Waals surface area contributed by atoms with E-state index in [1.807, 2.05) is 12.1 Å². The van der Waals surface area contributed by atoms with Crippen LogP contribution in [-0.2, 0) is 6.42 Å². The monoisotopic (exact) mass is 356 g/mol. The van der Waals surface area contributed by atoms with Gasteiger partial charge >= 0.3 is 0 Å². The number of ether oxygens (including phenoxy) is 1. The number of halogens is 1. The quantitative estimate of drug-likeness (QED) is 0.737. The van der Waals surface area contributed by atoms with Gasteiger partial charge in [0.2, 0.25) is 0 Å². The summed E-state index contributed by atoms with van der Waals surface area (Å²) in [4.78, 5) is 27.1. The third kappa shape index (κ3) is 4.00. The maximum atomic E-state index is 12.2.